The Kier molecular flexibility index (Phi) is 3.46. The predicted molar refractivity (Wildman–Crippen MR) is 53.8 cm³/mol. The van der Waals surface area contributed by atoms with Gasteiger partial charge in [0.1, 0.15) is 5.78 Å². The summed E-state index contributed by atoms with van der Waals surface area (Å²) in [5.74, 6) is 0.00921. The monoisotopic (exact) mass is 197 g/mol. The molecule has 3 heteroatoms. The van der Waals surface area contributed by atoms with Crippen molar-refractivity contribution in [2.45, 2.75) is 19.4 Å². The molecule has 0 amide bonds. The van der Waals surface area contributed by atoms with Crippen LogP contribution in [0.4, 0.5) is 0 Å². The highest BCUT2D eigenvalue weighted by atomic mass is 35.5. The molecule has 0 aromatic heterocycles. The van der Waals surface area contributed by atoms with Gasteiger partial charge in [0.25, 0.3) is 0 Å². The smallest absolute Gasteiger partial charge is 0.146 e. The zero-order valence-corrected chi connectivity index (χ0v) is 8.21. The average Bonchev–Trinajstić information content (AvgIpc) is 2.08. The molecule has 2 N–H and O–H groups in total. The predicted octanol–water partition coefficient (Wildman–Crippen LogP) is 1.80. The second-order valence-corrected chi connectivity index (χ2v) is 3.48. The SMILES string of the molecule is CC(=O)C(N)Cc1ccc(Cl)cc1. The van der Waals surface area contributed by atoms with Gasteiger partial charge in [-0.2, -0.15) is 0 Å². The van der Waals surface area contributed by atoms with E-state index in [1.165, 1.54) is 6.92 Å². The maximum atomic E-state index is 10.9. The van der Waals surface area contributed by atoms with Gasteiger partial charge in [-0.15, -0.1) is 0 Å². The van der Waals surface area contributed by atoms with E-state index in [9.17, 15) is 4.79 Å². The van der Waals surface area contributed by atoms with E-state index in [1.807, 2.05) is 12.1 Å². The fraction of sp³-hybridized carbons (Fsp3) is 0.300. The van der Waals surface area contributed by atoms with Crippen LogP contribution in [0.3, 0.4) is 0 Å². The third kappa shape index (κ3) is 3.17. The first-order valence-corrected chi connectivity index (χ1v) is 4.48. The molecule has 1 aromatic carbocycles. The Morgan fingerprint density at radius 1 is 1.46 bits per heavy atom. The standard InChI is InChI=1S/C10H12ClNO/c1-7(13)10(12)6-8-2-4-9(11)5-3-8/h2-5,10H,6,12H2,1H3. The summed E-state index contributed by atoms with van der Waals surface area (Å²) >= 11 is 5.71. The van der Waals surface area contributed by atoms with Crippen LogP contribution in [0.1, 0.15) is 12.5 Å². The van der Waals surface area contributed by atoms with Crippen molar-refractivity contribution in [1.82, 2.24) is 0 Å². The summed E-state index contributed by atoms with van der Waals surface area (Å²) in [5.41, 5.74) is 6.64. The third-order valence-electron chi connectivity index (χ3n) is 1.89. The molecule has 0 bridgehead atoms. The van der Waals surface area contributed by atoms with E-state index >= 15 is 0 Å². The summed E-state index contributed by atoms with van der Waals surface area (Å²) < 4.78 is 0. The lowest BCUT2D eigenvalue weighted by atomic mass is 10.0. The molecule has 1 aromatic rings. The molecule has 0 aliphatic heterocycles. The number of ketones is 1. The van der Waals surface area contributed by atoms with Crippen LogP contribution in [0.5, 0.6) is 0 Å². The molecule has 0 aliphatic carbocycles. The Hall–Kier alpha value is -0.860. The van der Waals surface area contributed by atoms with Crippen molar-refractivity contribution in [1.29, 1.82) is 0 Å². The molecule has 0 heterocycles. The minimum absolute atomic E-state index is 0.00921. The second-order valence-electron chi connectivity index (χ2n) is 3.05. The van der Waals surface area contributed by atoms with Gasteiger partial charge < -0.3 is 5.73 Å². The van der Waals surface area contributed by atoms with E-state index in [4.69, 9.17) is 17.3 Å². The minimum Gasteiger partial charge on any atom is -0.321 e. The van der Waals surface area contributed by atoms with Crippen molar-refractivity contribution in [3.63, 3.8) is 0 Å². The van der Waals surface area contributed by atoms with Crippen LogP contribution < -0.4 is 5.73 Å². The quantitative estimate of drug-likeness (QED) is 0.803. The van der Waals surface area contributed by atoms with Crippen molar-refractivity contribution in [3.8, 4) is 0 Å². The largest absolute Gasteiger partial charge is 0.321 e. The first-order valence-electron chi connectivity index (χ1n) is 4.10. The van der Waals surface area contributed by atoms with Gasteiger partial charge >= 0.3 is 0 Å². The fourth-order valence-electron chi connectivity index (χ4n) is 1.02. The number of hydrogen-bond donors (Lipinski definition) is 1. The normalized spacial score (nSPS) is 12.5. The van der Waals surface area contributed by atoms with Gasteiger partial charge in [-0.1, -0.05) is 23.7 Å². The van der Waals surface area contributed by atoms with Crippen LogP contribution in [-0.2, 0) is 11.2 Å². The van der Waals surface area contributed by atoms with Crippen molar-refractivity contribution < 1.29 is 4.79 Å². The Balaban J connectivity index is 2.64. The number of rotatable bonds is 3. The van der Waals surface area contributed by atoms with Crippen LogP contribution >= 0.6 is 11.6 Å². The summed E-state index contributed by atoms with van der Waals surface area (Å²) in [6.45, 7) is 1.50. The summed E-state index contributed by atoms with van der Waals surface area (Å²) in [4.78, 5) is 10.9. The molecule has 0 aliphatic rings. The minimum atomic E-state index is -0.402. The van der Waals surface area contributed by atoms with Crippen LogP contribution in [0, 0.1) is 0 Å². The number of benzene rings is 1. The number of carbonyl (C=O) groups is 1. The van der Waals surface area contributed by atoms with E-state index in [0.29, 0.717) is 11.4 Å². The Labute approximate surface area is 82.7 Å². The van der Waals surface area contributed by atoms with Gasteiger partial charge in [-0.25, -0.2) is 0 Å². The first-order chi connectivity index (χ1) is 6.09. The van der Waals surface area contributed by atoms with Gasteiger partial charge in [0.05, 0.1) is 6.04 Å². The Morgan fingerprint density at radius 3 is 2.46 bits per heavy atom. The molecule has 1 atom stereocenters. The Bertz CT molecular complexity index is 294. The van der Waals surface area contributed by atoms with Gasteiger partial charge in [0.2, 0.25) is 0 Å². The third-order valence-corrected chi connectivity index (χ3v) is 2.14. The van der Waals surface area contributed by atoms with Crippen molar-refractivity contribution in [2.75, 3.05) is 0 Å². The maximum absolute atomic E-state index is 10.9. The van der Waals surface area contributed by atoms with Crippen LogP contribution in [0.25, 0.3) is 0 Å². The highest BCUT2D eigenvalue weighted by Gasteiger charge is 2.08. The number of Topliss-reactive ketones (excluding diaryl/α,β-unsaturated/α-hetero) is 1. The lowest BCUT2D eigenvalue weighted by Gasteiger charge is -2.07. The highest BCUT2D eigenvalue weighted by molar-refractivity contribution is 6.30. The van der Waals surface area contributed by atoms with Crippen molar-refractivity contribution >= 4 is 17.4 Å². The lowest BCUT2D eigenvalue weighted by Crippen LogP contribution is -2.30. The van der Waals surface area contributed by atoms with E-state index in [-0.39, 0.29) is 5.78 Å². The van der Waals surface area contributed by atoms with Gasteiger partial charge in [0.15, 0.2) is 0 Å². The van der Waals surface area contributed by atoms with E-state index in [2.05, 4.69) is 0 Å². The van der Waals surface area contributed by atoms with Crippen LogP contribution in [0.2, 0.25) is 5.02 Å². The molecule has 0 spiro atoms. The van der Waals surface area contributed by atoms with E-state index in [0.717, 1.165) is 5.56 Å². The van der Waals surface area contributed by atoms with Crippen molar-refractivity contribution in [3.05, 3.63) is 34.9 Å². The number of halogens is 1. The average molecular weight is 198 g/mol. The number of carbonyl (C=O) groups excluding carboxylic acids is 1. The molecular weight excluding hydrogens is 186 g/mol. The van der Waals surface area contributed by atoms with Gasteiger partial charge in [0, 0.05) is 5.02 Å². The fourth-order valence-corrected chi connectivity index (χ4v) is 1.14. The van der Waals surface area contributed by atoms with Gasteiger partial charge in [-0.05, 0) is 31.0 Å². The van der Waals surface area contributed by atoms with E-state index < -0.39 is 6.04 Å². The molecule has 0 saturated heterocycles. The molecule has 13 heavy (non-hydrogen) atoms. The van der Waals surface area contributed by atoms with Crippen molar-refractivity contribution in [2.24, 2.45) is 5.73 Å². The maximum Gasteiger partial charge on any atom is 0.146 e. The molecule has 1 rings (SSSR count). The number of hydrogen-bond acceptors (Lipinski definition) is 2. The van der Waals surface area contributed by atoms with E-state index in [1.54, 1.807) is 12.1 Å². The van der Waals surface area contributed by atoms with Crippen LogP contribution in [-0.4, -0.2) is 11.8 Å². The molecule has 0 radical (unpaired) electrons. The molecule has 0 fully saturated rings. The molecule has 1 unspecified atom stereocenters. The topological polar surface area (TPSA) is 43.1 Å². The number of nitrogens with two attached hydrogens (primary N) is 1. The summed E-state index contributed by atoms with van der Waals surface area (Å²) in [7, 11) is 0. The van der Waals surface area contributed by atoms with Crippen LogP contribution in [0.15, 0.2) is 24.3 Å². The molecule has 0 saturated carbocycles. The highest BCUT2D eigenvalue weighted by Crippen LogP contribution is 2.10. The first kappa shape index (κ1) is 10.2. The summed E-state index contributed by atoms with van der Waals surface area (Å²) in [6.07, 6.45) is 0.576. The second kappa shape index (κ2) is 4.40. The zero-order chi connectivity index (χ0) is 9.84. The van der Waals surface area contributed by atoms with Gasteiger partial charge in [-0.3, -0.25) is 4.79 Å². The summed E-state index contributed by atoms with van der Waals surface area (Å²) in [5, 5.41) is 0.695. The molecule has 70 valence electrons. The summed E-state index contributed by atoms with van der Waals surface area (Å²) in [6, 6.07) is 6.95. The Morgan fingerprint density at radius 2 is 2.00 bits per heavy atom. The zero-order valence-electron chi connectivity index (χ0n) is 7.46. The molecular formula is C10H12ClNO. The lowest BCUT2D eigenvalue weighted by molar-refractivity contribution is -0.118. The molecule has 2 nitrogen and oxygen atoms in total.